The zero-order valence-corrected chi connectivity index (χ0v) is 12.2. The van der Waals surface area contributed by atoms with Crippen molar-refractivity contribution in [3.05, 3.63) is 12.4 Å². The summed E-state index contributed by atoms with van der Waals surface area (Å²) in [6.45, 7) is 4.86. The fraction of sp³-hybridized carbons (Fsp3) is 0.750. The van der Waals surface area contributed by atoms with Gasteiger partial charge in [0.05, 0.1) is 19.3 Å². The second-order valence-electron chi connectivity index (χ2n) is 5.14. The maximum Gasteiger partial charge on any atom is 0.246 e. The molecule has 1 N–H and O–H groups in total. The van der Waals surface area contributed by atoms with Crippen molar-refractivity contribution >= 4 is 10.0 Å². The number of nitrogens with zero attached hydrogens (tertiary/aromatic N) is 3. The molecule has 0 amide bonds. The number of piperidine rings is 1. The average Bonchev–Trinajstić information content (AvgIpc) is 2.82. The van der Waals surface area contributed by atoms with E-state index in [1.807, 2.05) is 6.92 Å². The molecule has 2 heterocycles. The van der Waals surface area contributed by atoms with E-state index in [1.165, 1.54) is 17.1 Å². The molecule has 108 valence electrons. The van der Waals surface area contributed by atoms with Gasteiger partial charge in [-0.15, -0.1) is 0 Å². The van der Waals surface area contributed by atoms with Crippen LogP contribution < -0.4 is 0 Å². The van der Waals surface area contributed by atoms with Crippen molar-refractivity contribution in [3.63, 3.8) is 0 Å². The monoisotopic (exact) mass is 287 g/mol. The van der Waals surface area contributed by atoms with Gasteiger partial charge in [0.25, 0.3) is 0 Å². The van der Waals surface area contributed by atoms with Crippen LogP contribution in [0.15, 0.2) is 17.3 Å². The van der Waals surface area contributed by atoms with Crippen LogP contribution >= 0.6 is 0 Å². The van der Waals surface area contributed by atoms with Gasteiger partial charge in [-0.25, -0.2) is 8.42 Å². The first-order chi connectivity index (χ1) is 8.96. The van der Waals surface area contributed by atoms with Gasteiger partial charge >= 0.3 is 0 Å². The van der Waals surface area contributed by atoms with Crippen LogP contribution in [-0.2, 0) is 16.6 Å². The van der Waals surface area contributed by atoms with Gasteiger partial charge in [-0.1, -0.05) is 6.92 Å². The second-order valence-corrected chi connectivity index (χ2v) is 7.03. The summed E-state index contributed by atoms with van der Waals surface area (Å²) in [5.74, 6) is 0.371. The maximum absolute atomic E-state index is 12.6. The van der Waals surface area contributed by atoms with Gasteiger partial charge in [-0.3, -0.25) is 4.68 Å². The zero-order valence-electron chi connectivity index (χ0n) is 11.4. The topological polar surface area (TPSA) is 75.4 Å². The average molecular weight is 287 g/mol. The van der Waals surface area contributed by atoms with Gasteiger partial charge in [0.2, 0.25) is 10.0 Å². The van der Waals surface area contributed by atoms with Crippen LogP contribution in [-0.4, -0.2) is 46.8 Å². The van der Waals surface area contributed by atoms with Crippen molar-refractivity contribution in [1.29, 1.82) is 0 Å². The van der Waals surface area contributed by atoms with E-state index in [-0.39, 0.29) is 17.5 Å². The molecule has 0 saturated carbocycles. The SMILES string of the molecule is CC1CCCN(S(=O)(=O)c2cnn(CCO)c2)C1C. The van der Waals surface area contributed by atoms with Crippen LogP contribution in [0, 0.1) is 5.92 Å². The highest BCUT2D eigenvalue weighted by Gasteiger charge is 2.35. The van der Waals surface area contributed by atoms with E-state index in [0.29, 0.717) is 19.0 Å². The Kier molecular flexibility index (Phi) is 4.27. The molecular weight excluding hydrogens is 266 g/mol. The molecule has 19 heavy (non-hydrogen) atoms. The first-order valence-electron chi connectivity index (χ1n) is 6.62. The Morgan fingerprint density at radius 1 is 1.47 bits per heavy atom. The van der Waals surface area contributed by atoms with Gasteiger partial charge < -0.3 is 5.11 Å². The fourth-order valence-electron chi connectivity index (χ4n) is 2.47. The highest BCUT2D eigenvalue weighted by Crippen LogP contribution is 2.28. The number of aliphatic hydroxyl groups is 1. The standard InChI is InChI=1S/C12H21N3O3S/c1-10-4-3-5-15(11(10)2)19(17,18)12-8-13-14(9-12)6-7-16/h8-11,16H,3-7H2,1-2H3. The van der Waals surface area contributed by atoms with Crippen LogP contribution in [0.1, 0.15) is 26.7 Å². The minimum absolute atomic E-state index is 0.0138. The Labute approximate surface area is 114 Å². The third-order valence-electron chi connectivity index (χ3n) is 3.86. The van der Waals surface area contributed by atoms with Crippen LogP contribution in [0.2, 0.25) is 0 Å². The molecule has 6 nitrogen and oxygen atoms in total. The molecule has 2 unspecified atom stereocenters. The largest absolute Gasteiger partial charge is 0.394 e. The van der Waals surface area contributed by atoms with E-state index in [0.717, 1.165) is 12.8 Å². The molecule has 1 fully saturated rings. The van der Waals surface area contributed by atoms with Gasteiger partial charge in [0.1, 0.15) is 4.90 Å². The summed E-state index contributed by atoms with van der Waals surface area (Å²) in [6, 6.07) is 0.0138. The minimum atomic E-state index is -3.47. The van der Waals surface area contributed by atoms with E-state index in [4.69, 9.17) is 5.11 Å². The molecule has 1 aromatic heterocycles. The van der Waals surface area contributed by atoms with Crippen molar-refractivity contribution in [3.8, 4) is 0 Å². The second kappa shape index (κ2) is 5.60. The first kappa shape index (κ1) is 14.5. The number of hydrogen-bond acceptors (Lipinski definition) is 4. The Balaban J connectivity index is 2.25. The third-order valence-corrected chi connectivity index (χ3v) is 5.80. The van der Waals surface area contributed by atoms with Gasteiger partial charge in [0, 0.05) is 18.8 Å². The normalized spacial score (nSPS) is 25.6. The summed E-state index contributed by atoms with van der Waals surface area (Å²) >= 11 is 0. The minimum Gasteiger partial charge on any atom is -0.394 e. The first-order valence-corrected chi connectivity index (χ1v) is 8.06. The van der Waals surface area contributed by atoms with Crippen LogP contribution in [0.4, 0.5) is 0 Å². The lowest BCUT2D eigenvalue weighted by atomic mass is 9.94. The van der Waals surface area contributed by atoms with E-state index in [9.17, 15) is 8.42 Å². The number of rotatable bonds is 4. The third kappa shape index (κ3) is 2.82. The van der Waals surface area contributed by atoms with Gasteiger partial charge in [0.15, 0.2) is 0 Å². The lowest BCUT2D eigenvalue weighted by Gasteiger charge is -2.36. The van der Waals surface area contributed by atoms with Crippen molar-refractivity contribution in [2.24, 2.45) is 5.92 Å². The lowest BCUT2D eigenvalue weighted by molar-refractivity contribution is 0.202. The molecule has 0 spiro atoms. The van der Waals surface area contributed by atoms with Crippen LogP contribution in [0.25, 0.3) is 0 Å². The Hall–Kier alpha value is -0.920. The summed E-state index contributed by atoms with van der Waals surface area (Å²) < 4.78 is 28.2. The summed E-state index contributed by atoms with van der Waals surface area (Å²) in [5.41, 5.74) is 0. The highest BCUT2D eigenvalue weighted by atomic mass is 32.2. The molecular formula is C12H21N3O3S. The number of sulfonamides is 1. The molecule has 0 aliphatic carbocycles. The lowest BCUT2D eigenvalue weighted by Crippen LogP contribution is -2.45. The van der Waals surface area contributed by atoms with Crippen molar-refractivity contribution in [2.75, 3.05) is 13.2 Å². The number of aliphatic hydroxyl groups excluding tert-OH is 1. The van der Waals surface area contributed by atoms with E-state index < -0.39 is 10.0 Å². The van der Waals surface area contributed by atoms with Crippen LogP contribution in [0.5, 0.6) is 0 Å². The van der Waals surface area contributed by atoms with E-state index >= 15 is 0 Å². The van der Waals surface area contributed by atoms with Crippen molar-refractivity contribution in [1.82, 2.24) is 14.1 Å². The molecule has 7 heteroatoms. The molecule has 1 aromatic rings. The van der Waals surface area contributed by atoms with Crippen molar-refractivity contribution < 1.29 is 13.5 Å². The predicted octanol–water partition coefficient (Wildman–Crippen LogP) is 0.684. The fourth-order valence-corrected chi connectivity index (χ4v) is 4.20. The summed E-state index contributed by atoms with van der Waals surface area (Å²) in [7, 11) is -3.47. The maximum atomic E-state index is 12.6. The molecule has 0 radical (unpaired) electrons. The van der Waals surface area contributed by atoms with Gasteiger partial charge in [-0.2, -0.15) is 9.40 Å². The Morgan fingerprint density at radius 3 is 2.89 bits per heavy atom. The van der Waals surface area contributed by atoms with Crippen LogP contribution in [0.3, 0.4) is 0 Å². The predicted molar refractivity (Wildman–Crippen MR) is 71.1 cm³/mol. The quantitative estimate of drug-likeness (QED) is 0.884. The Morgan fingerprint density at radius 2 is 2.21 bits per heavy atom. The Bertz CT molecular complexity index is 526. The zero-order chi connectivity index (χ0) is 14.0. The van der Waals surface area contributed by atoms with Gasteiger partial charge in [-0.05, 0) is 25.7 Å². The molecule has 1 aliphatic rings. The smallest absolute Gasteiger partial charge is 0.246 e. The summed E-state index contributed by atoms with van der Waals surface area (Å²) in [5, 5.41) is 12.8. The van der Waals surface area contributed by atoms with E-state index in [1.54, 1.807) is 4.31 Å². The molecule has 0 aromatic carbocycles. The molecule has 1 saturated heterocycles. The number of aromatic nitrogens is 2. The van der Waals surface area contributed by atoms with Crippen molar-refractivity contribution in [2.45, 2.75) is 44.2 Å². The molecule has 2 atom stereocenters. The number of hydrogen-bond donors (Lipinski definition) is 1. The summed E-state index contributed by atoms with van der Waals surface area (Å²) in [6.07, 6.45) is 4.81. The molecule has 2 rings (SSSR count). The van der Waals surface area contributed by atoms with E-state index in [2.05, 4.69) is 12.0 Å². The summed E-state index contributed by atoms with van der Waals surface area (Å²) in [4.78, 5) is 0.210. The highest BCUT2D eigenvalue weighted by molar-refractivity contribution is 7.89. The molecule has 1 aliphatic heterocycles. The molecule has 0 bridgehead atoms.